The van der Waals surface area contributed by atoms with Crippen molar-refractivity contribution < 1.29 is 9.90 Å². The van der Waals surface area contributed by atoms with Crippen LogP contribution in [0.2, 0.25) is 0 Å². The van der Waals surface area contributed by atoms with Crippen LogP contribution in [0.25, 0.3) is 0 Å². The van der Waals surface area contributed by atoms with E-state index in [4.69, 9.17) is 0 Å². The summed E-state index contributed by atoms with van der Waals surface area (Å²) in [6.07, 6.45) is 3.17. The summed E-state index contributed by atoms with van der Waals surface area (Å²) < 4.78 is 4.25. The van der Waals surface area contributed by atoms with Crippen molar-refractivity contribution in [2.24, 2.45) is 4.40 Å². The number of rotatable bonds is 1. The van der Waals surface area contributed by atoms with E-state index in [2.05, 4.69) is 4.40 Å². The summed E-state index contributed by atoms with van der Waals surface area (Å²) in [6, 6.07) is 0. The molecule has 1 aliphatic carbocycles. The topological polar surface area (TPSA) is 49.7 Å². The molecule has 0 aromatic carbocycles. The molecule has 0 bridgehead atoms. The van der Waals surface area contributed by atoms with Gasteiger partial charge in [0.2, 0.25) is 0 Å². The SMILES string of the molecule is CC1=NSC(C2(O)CCC(=O)CC2)C1. The Labute approximate surface area is 88.1 Å². The van der Waals surface area contributed by atoms with Gasteiger partial charge in [-0.25, -0.2) is 4.40 Å². The van der Waals surface area contributed by atoms with Crippen LogP contribution in [0.5, 0.6) is 0 Å². The Bertz CT molecular complexity index is 278. The van der Waals surface area contributed by atoms with Gasteiger partial charge >= 0.3 is 0 Å². The molecule has 1 heterocycles. The van der Waals surface area contributed by atoms with Crippen LogP contribution in [0.3, 0.4) is 0 Å². The van der Waals surface area contributed by atoms with Crippen LogP contribution in [-0.2, 0) is 4.79 Å². The van der Waals surface area contributed by atoms with E-state index in [0.717, 1.165) is 12.1 Å². The fourth-order valence-electron chi connectivity index (χ4n) is 2.07. The molecule has 2 aliphatic rings. The van der Waals surface area contributed by atoms with Crippen molar-refractivity contribution in [3.05, 3.63) is 0 Å². The lowest BCUT2D eigenvalue weighted by molar-refractivity contribution is -0.125. The largest absolute Gasteiger partial charge is 0.389 e. The first kappa shape index (κ1) is 10.2. The van der Waals surface area contributed by atoms with E-state index in [9.17, 15) is 9.90 Å². The van der Waals surface area contributed by atoms with E-state index < -0.39 is 5.60 Å². The Morgan fingerprint density at radius 3 is 2.64 bits per heavy atom. The van der Waals surface area contributed by atoms with Crippen molar-refractivity contribution >= 4 is 23.4 Å². The molecule has 3 nitrogen and oxygen atoms in total. The fraction of sp³-hybridized carbons (Fsp3) is 0.800. The van der Waals surface area contributed by atoms with Gasteiger partial charge in [-0.15, -0.1) is 0 Å². The lowest BCUT2D eigenvalue weighted by Crippen LogP contribution is -2.43. The monoisotopic (exact) mass is 213 g/mol. The van der Waals surface area contributed by atoms with Crippen LogP contribution < -0.4 is 0 Å². The van der Waals surface area contributed by atoms with Crippen molar-refractivity contribution in [2.45, 2.75) is 49.9 Å². The highest BCUT2D eigenvalue weighted by atomic mass is 32.2. The Balaban J connectivity index is 2.00. The van der Waals surface area contributed by atoms with Crippen LogP contribution in [0.4, 0.5) is 0 Å². The normalized spacial score (nSPS) is 31.7. The van der Waals surface area contributed by atoms with E-state index >= 15 is 0 Å². The zero-order valence-corrected chi connectivity index (χ0v) is 9.14. The van der Waals surface area contributed by atoms with Crippen LogP contribution >= 0.6 is 11.9 Å². The van der Waals surface area contributed by atoms with Gasteiger partial charge in [-0.05, 0) is 31.7 Å². The molecule has 0 aromatic rings. The lowest BCUT2D eigenvalue weighted by atomic mass is 9.80. The van der Waals surface area contributed by atoms with E-state index in [1.54, 1.807) is 0 Å². The van der Waals surface area contributed by atoms with Crippen molar-refractivity contribution in [3.63, 3.8) is 0 Å². The molecule has 0 amide bonds. The molecule has 0 saturated heterocycles. The quantitative estimate of drug-likeness (QED) is 0.675. The van der Waals surface area contributed by atoms with E-state index in [1.165, 1.54) is 11.9 Å². The molecular formula is C10H15NO2S. The van der Waals surface area contributed by atoms with Gasteiger partial charge in [0, 0.05) is 25.0 Å². The van der Waals surface area contributed by atoms with Gasteiger partial charge in [-0.2, -0.15) is 0 Å². The summed E-state index contributed by atoms with van der Waals surface area (Å²) in [5.41, 5.74) is 0.449. The minimum Gasteiger partial charge on any atom is -0.389 e. The second-order valence-electron chi connectivity index (χ2n) is 4.27. The predicted octanol–water partition coefficient (Wildman–Crippen LogP) is 1.74. The molecule has 1 N–H and O–H groups in total. The zero-order chi connectivity index (χ0) is 10.2. The highest BCUT2D eigenvalue weighted by Crippen LogP contribution is 2.40. The summed E-state index contributed by atoms with van der Waals surface area (Å²) in [6.45, 7) is 1.99. The Hall–Kier alpha value is -0.350. The van der Waals surface area contributed by atoms with Crippen molar-refractivity contribution in [1.29, 1.82) is 0 Å². The Morgan fingerprint density at radius 1 is 1.50 bits per heavy atom. The number of carbonyl (C=O) groups excluding carboxylic acids is 1. The average molecular weight is 213 g/mol. The molecule has 2 rings (SSSR count). The smallest absolute Gasteiger partial charge is 0.133 e. The number of nitrogens with zero attached hydrogens (tertiary/aromatic N) is 1. The lowest BCUT2D eigenvalue weighted by Gasteiger charge is -2.35. The van der Waals surface area contributed by atoms with Crippen LogP contribution in [0.15, 0.2) is 4.40 Å². The number of Topliss-reactive ketones (excluding diaryl/α,β-unsaturated/α-hetero) is 1. The van der Waals surface area contributed by atoms with Crippen molar-refractivity contribution in [2.75, 3.05) is 0 Å². The molecule has 78 valence electrons. The molecule has 0 radical (unpaired) electrons. The third-order valence-corrected chi connectivity index (χ3v) is 4.37. The predicted molar refractivity (Wildman–Crippen MR) is 57.5 cm³/mol. The molecule has 4 heteroatoms. The Kier molecular flexibility index (Phi) is 2.66. The standard InChI is InChI=1S/C10H15NO2S/c1-7-6-9(14-11-7)10(13)4-2-8(12)3-5-10/h9,13H,2-6H2,1H3. The molecule has 1 atom stereocenters. The van der Waals surface area contributed by atoms with Crippen LogP contribution in [0.1, 0.15) is 39.0 Å². The summed E-state index contributed by atoms with van der Waals surface area (Å²) in [4.78, 5) is 11.1. The van der Waals surface area contributed by atoms with Crippen molar-refractivity contribution in [3.8, 4) is 0 Å². The summed E-state index contributed by atoms with van der Waals surface area (Å²) in [5.74, 6) is 0.287. The van der Waals surface area contributed by atoms with Gasteiger partial charge in [-0.1, -0.05) is 0 Å². The number of hydrogen-bond acceptors (Lipinski definition) is 4. The maximum Gasteiger partial charge on any atom is 0.133 e. The van der Waals surface area contributed by atoms with E-state index in [-0.39, 0.29) is 11.0 Å². The maximum atomic E-state index is 11.1. The maximum absolute atomic E-state index is 11.1. The van der Waals surface area contributed by atoms with Crippen molar-refractivity contribution in [1.82, 2.24) is 0 Å². The molecule has 1 aliphatic heterocycles. The minimum absolute atomic E-state index is 0.176. The zero-order valence-electron chi connectivity index (χ0n) is 8.32. The number of aliphatic hydroxyl groups is 1. The number of ketones is 1. The highest BCUT2D eigenvalue weighted by Gasteiger charge is 2.42. The van der Waals surface area contributed by atoms with Gasteiger partial charge in [-0.3, -0.25) is 4.79 Å². The second-order valence-corrected chi connectivity index (χ2v) is 5.23. The first-order chi connectivity index (χ1) is 6.60. The van der Waals surface area contributed by atoms with Crippen LogP contribution in [0, 0.1) is 0 Å². The molecule has 1 unspecified atom stereocenters. The van der Waals surface area contributed by atoms with Gasteiger partial charge in [0.1, 0.15) is 5.78 Å². The van der Waals surface area contributed by atoms with E-state index in [0.29, 0.717) is 25.7 Å². The average Bonchev–Trinajstić information content (AvgIpc) is 2.58. The van der Waals surface area contributed by atoms with E-state index in [1.807, 2.05) is 6.92 Å². The number of hydrogen-bond donors (Lipinski definition) is 1. The first-order valence-electron chi connectivity index (χ1n) is 5.03. The summed E-state index contributed by atoms with van der Waals surface area (Å²) >= 11 is 1.48. The Morgan fingerprint density at radius 2 is 2.14 bits per heavy atom. The molecule has 0 spiro atoms. The molecule has 0 aromatic heterocycles. The van der Waals surface area contributed by atoms with Gasteiger partial charge in [0.25, 0.3) is 0 Å². The third kappa shape index (κ3) is 1.86. The third-order valence-electron chi connectivity index (χ3n) is 3.09. The van der Waals surface area contributed by atoms with Gasteiger partial charge in [0.05, 0.1) is 10.9 Å². The van der Waals surface area contributed by atoms with Gasteiger partial charge < -0.3 is 5.11 Å². The highest BCUT2D eigenvalue weighted by molar-refractivity contribution is 7.99. The van der Waals surface area contributed by atoms with Crippen LogP contribution in [-0.4, -0.2) is 27.5 Å². The first-order valence-corrected chi connectivity index (χ1v) is 5.87. The molecule has 1 saturated carbocycles. The minimum atomic E-state index is -0.653. The van der Waals surface area contributed by atoms with Gasteiger partial charge in [0.15, 0.2) is 0 Å². The second kappa shape index (κ2) is 3.66. The summed E-state index contributed by atoms with van der Waals surface area (Å²) in [5, 5.41) is 10.5. The number of carbonyl (C=O) groups is 1. The molecular weight excluding hydrogens is 198 g/mol. The molecule has 1 fully saturated rings. The summed E-state index contributed by atoms with van der Waals surface area (Å²) in [7, 11) is 0. The molecule has 14 heavy (non-hydrogen) atoms. The fourth-order valence-corrected chi connectivity index (χ4v) is 3.20.